The number of hydrogen-bond donors (Lipinski definition) is 3. The van der Waals surface area contributed by atoms with E-state index in [-0.39, 0.29) is 12.9 Å². The highest BCUT2D eigenvalue weighted by atomic mass is 19.3. The summed E-state index contributed by atoms with van der Waals surface area (Å²) in [4.78, 5) is 22.9. The Balaban J connectivity index is 2.38. The van der Waals surface area contributed by atoms with Gasteiger partial charge in [0.15, 0.2) is 11.8 Å². The Labute approximate surface area is 107 Å². The Kier molecular flexibility index (Phi) is 3.48. The topological polar surface area (TPSA) is 78.4 Å². The molecule has 1 aliphatic heterocycles. The molecule has 1 aliphatic rings. The van der Waals surface area contributed by atoms with Crippen LogP contribution >= 0.6 is 0 Å². The van der Waals surface area contributed by atoms with Gasteiger partial charge in [-0.2, -0.15) is 0 Å². The van der Waals surface area contributed by atoms with Crippen LogP contribution in [0.4, 0.5) is 20.2 Å². The largest absolute Gasteiger partial charge is 0.392 e. The fourth-order valence-corrected chi connectivity index (χ4v) is 1.95. The van der Waals surface area contributed by atoms with Crippen LogP contribution in [0.1, 0.15) is 12.0 Å². The van der Waals surface area contributed by atoms with E-state index in [1.807, 2.05) is 0 Å². The van der Waals surface area contributed by atoms with Gasteiger partial charge in [-0.15, -0.1) is 0 Å². The molecule has 1 atom stereocenters. The smallest absolute Gasteiger partial charge is 0.257 e. The number of carbonyl (C=O) groups excluding carboxylic acids is 2. The van der Waals surface area contributed by atoms with Crippen LogP contribution in [0.25, 0.3) is 0 Å². The molecule has 1 amide bonds. The molecule has 1 aromatic carbocycles. The summed E-state index contributed by atoms with van der Waals surface area (Å²) in [5.74, 6) is -0.828. The van der Waals surface area contributed by atoms with Crippen LogP contribution in [-0.2, 0) is 16.2 Å². The molecule has 0 fully saturated rings. The highest BCUT2D eigenvalue weighted by Crippen LogP contribution is 2.33. The molecule has 5 nitrogen and oxygen atoms in total. The maximum atomic E-state index is 12.5. The van der Waals surface area contributed by atoms with Gasteiger partial charge in [0.2, 0.25) is 6.43 Å². The lowest BCUT2D eigenvalue weighted by Gasteiger charge is -2.34. The molecule has 0 aliphatic carbocycles. The molecule has 0 aromatic heterocycles. The highest BCUT2D eigenvalue weighted by molar-refractivity contribution is 6.15. The average Bonchev–Trinajstić information content (AvgIpc) is 2.38. The third-order valence-corrected chi connectivity index (χ3v) is 2.96. The van der Waals surface area contributed by atoms with Gasteiger partial charge in [0.05, 0.1) is 18.0 Å². The maximum absolute atomic E-state index is 12.5. The summed E-state index contributed by atoms with van der Waals surface area (Å²) in [5, 5.41) is 13.9. The predicted octanol–water partition coefficient (Wildman–Crippen LogP) is 1.14. The number of aliphatic hydroxyl groups excluding tert-OH is 1. The standard InChI is InChI=1S/C12H12F2N2O3/c13-10(14)4-12(6-18)11(19)15-9-3-7(5-17)1-2-8(9)16-12/h1-3,6,10,16-17H,4-5H2,(H,15,19). The first-order chi connectivity index (χ1) is 9.00. The summed E-state index contributed by atoms with van der Waals surface area (Å²) in [6.45, 7) is -0.209. The summed E-state index contributed by atoms with van der Waals surface area (Å²) < 4.78 is 25.0. The third kappa shape index (κ3) is 2.41. The van der Waals surface area contributed by atoms with Gasteiger partial charge in [0, 0.05) is 6.42 Å². The summed E-state index contributed by atoms with van der Waals surface area (Å²) in [5.41, 5.74) is -0.678. The zero-order valence-corrected chi connectivity index (χ0v) is 9.82. The molecule has 7 heteroatoms. The van der Waals surface area contributed by atoms with Crippen molar-refractivity contribution in [2.45, 2.75) is 25.0 Å². The van der Waals surface area contributed by atoms with E-state index in [1.54, 1.807) is 6.07 Å². The number of rotatable bonds is 4. The molecular formula is C12H12F2N2O3. The molecule has 0 saturated carbocycles. The molecular weight excluding hydrogens is 258 g/mol. The first-order valence-electron chi connectivity index (χ1n) is 5.58. The average molecular weight is 270 g/mol. The van der Waals surface area contributed by atoms with Gasteiger partial charge >= 0.3 is 0 Å². The van der Waals surface area contributed by atoms with Crippen LogP contribution < -0.4 is 10.6 Å². The molecule has 1 heterocycles. The van der Waals surface area contributed by atoms with Crippen molar-refractivity contribution >= 4 is 23.6 Å². The number of halogens is 2. The van der Waals surface area contributed by atoms with Gasteiger partial charge in [-0.1, -0.05) is 6.07 Å². The monoisotopic (exact) mass is 270 g/mol. The summed E-state index contributed by atoms with van der Waals surface area (Å²) in [6.07, 6.45) is -3.50. The van der Waals surface area contributed by atoms with E-state index in [9.17, 15) is 18.4 Å². The quantitative estimate of drug-likeness (QED) is 0.566. The number of anilines is 2. The zero-order valence-electron chi connectivity index (χ0n) is 9.82. The SMILES string of the molecule is O=CC1(CC(F)F)Nc2ccc(CO)cc2NC1=O. The summed E-state index contributed by atoms with van der Waals surface area (Å²) >= 11 is 0. The predicted molar refractivity (Wildman–Crippen MR) is 64.0 cm³/mol. The van der Waals surface area contributed by atoms with Gasteiger partial charge in [0.1, 0.15) is 0 Å². The number of nitrogens with one attached hydrogen (secondary N) is 2. The fraction of sp³-hybridized carbons (Fsp3) is 0.333. The number of benzene rings is 1. The van der Waals surface area contributed by atoms with Crippen molar-refractivity contribution in [3.63, 3.8) is 0 Å². The van der Waals surface area contributed by atoms with Crippen molar-refractivity contribution in [3.8, 4) is 0 Å². The first-order valence-corrected chi connectivity index (χ1v) is 5.58. The van der Waals surface area contributed by atoms with Crippen molar-refractivity contribution in [2.75, 3.05) is 10.6 Å². The normalized spacial score (nSPS) is 21.6. The Morgan fingerprint density at radius 3 is 2.68 bits per heavy atom. The lowest BCUT2D eigenvalue weighted by Crippen LogP contribution is -2.55. The van der Waals surface area contributed by atoms with Crippen LogP contribution in [0, 0.1) is 0 Å². The number of alkyl halides is 2. The van der Waals surface area contributed by atoms with Gasteiger partial charge in [-0.3, -0.25) is 4.79 Å². The van der Waals surface area contributed by atoms with Gasteiger partial charge in [-0.25, -0.2) is 8.78 Å². The van der Waals surface area contributed by atoms with Crippen LogP contribution in [0.15, 0.2) is 18.2 Å². The molecule has 0 bridgehead atoms. The second kappa shape index (κ2) is 4.93. The molecule has 0 radical (unpaired) electrons. The lowest BCUT2D eigenvalue weighted by atomic mass is 9.92. The van der Waals surface area contributed by atoms with Crippen molar-refractivity contribution in [2.24, 2.45) is 0 Å². The van der Waals surface area contributed by atoms with E-state index in [2.05, 4.69) is 10.6 Å². The number of hydrogen-bond acceptors (Lipinski definition) is 4. The van der Waals surface area contributed by atoms with Crippen LogP contribution in [-0.4, -0.2) is 29.3 Å². The minimum Gasteiger partial charge on any atom is -0.392 e. The first kappa shape index (κ1) is 13.4. The number of fused-ring (bicyclic) bond motifs is 1. The van der Waals surface area contributed by atoms with Crippen molar-refractivity contribution in [3.05, 3.63) is 23.8 Å². The summed E-state index contributed by atoms with van der Waals surface area (Å²) in [6, 6.07) is 4.60. The Hall–Kier alpha value is -2.02. The highest BCUT2D eigenvalue weighted by Gasteiger charge is 2.44. The number of aliphatic hydroxyl groups is 1. The van der Waals surface area contributed by atoms with E-state index in [1.165, 1.54) is 12.1 Å². The molecule has 2 rings (SSSR count). The fourth-order valence-electron chi connectivity index (χ4n) is 1.95. The number of carbonyl (C=O) groups is 2. The minimum atomic E-state index is -2.79. The molecule has 1 aromatic rings. The van der Waals surface area contributed by atoms with Crippen molar-refractivity contribution < 1.29 is 23.5 Å². The second-order valence-electron chi connectivity index (χ2n) is 4.30. The van der Waals surface area contributed by atoms with E-state index in [4.69, 9.17) is 5.11 Å². The second-order valence-corrected chi connectivity index (χ2v) is 4.30. The Bertz CT molecular complexity index is 522. The molecule has 19 heavy (non-hydrogen) atoms. The Morgan fingerprint density at radius 2 is 2.11 bits per heavy atom. The lowest BCUT2D eigenvalue weighted by molar-refractivity contribution is -0.127. The Morgan fingerprint density at radius 1 is 1.37 bits per heavy atom. The minimum absolute atomic E-state index is 0.192. The molecule has 0 spiro atoms. The van der Waals surface area contributed by atoms with E-state index < -0.39 is 24.3 Å². The van der Waals surface area contributed by atoms with Gasteiger partial charge in [0.25, 0.3) is 5.91 Å². The zero-order chi connectivity index (χ0) is 14.0. The van der Waals surface area contributed by atoms with E-state index >= 15 is 0 Å². The van der Waals surface area contributed by atoms with Crippen LogP contribution in [0.3, 0.4) is 0 Å². The number of aldehydes is 1. The van der Waals surface area contributed by atoms with Gasteiger partial charge in [-0.05, 0) is 17.7 Å². The van der Waals surface area contributed by atoms with Crippen molar-refractivity contribution in [1.29, 1.82) is 0 Å². The number of amides is 1. The van der Waals surface area contributed by atoms with E-state index in [0.29, 0.717) is 16.9 Å². The third-order valence-electron chi connectivity index (χ3n) is 2.96. The summed E-state index contributed by atoms with van der Waals surface area (Å²) in [7, 11) is 0. The van der Waals surface area contributed by atoms with Crippen LogP contribution in [0.5, 0.6) is 0 Å². The van der Waals surface area contributed by atoms with Gasteiger partial charge < -0.3 is 20.5 Å². The maximum Gasteiger partial charge on any atom is 0.257 e. The van der Waals surface area contributed by atoms with Crippen LogP contribution in [0.2, 0.25) is 0 Å². The molecule has 0 saturated heterocycles. The molecule has 1 unspecified atom stereocenters. The molecule has 3 N–H and O–H groups in total. The van der Waals surface area contributed by atoms with Crippen molar-refractivity contribution in [1.82, 2.24) is 0 Å². The van der Waals surface area contributed by atoms with E-state index in [0.717, 1.165) is 0 Å². The molecule has 102 valence electrons.